The van der Waals surface area contributed by atoms with Gasteiger partial charge in [-0.15, -0.1) is 0 Å². The lowest BCUT2D eigenvalue weighted by molar-refractivity contribution is -0.137. The normalized spacial score (nSPS) is 28.3. The van der Waals surface area contributed by atoms with Gasteiger partial charge >= 0.3 is 11.8 Å². The van der Waals surface area contributed by atoms with Crippen LogP contribution in [0.2, 0.25) is 0 Å². The number of anilines is 1. The van der Waals surface area contributed by atoms with Crippen LogP contribution >= 0.6 is 0 Å². The lowest BCUT2D eigenvalue weighted by Gasteiger charge is -2.50. The fraction of sp³-hybridized carbons (Fsp3) is 0.481. The summed E-state index contributed by atoms with van der Waals surface area (Å²) in [7, 11) is 3.19. The zero-order chi connectivity index (χ0) is 28.4. The molecule has 0 spiro atoms. The Kier molecular flexibility index (Phi) is 6.42. The van der Waals surface area contributed by atoms with E-state index in [0.29, 0.717) is 17.6 Å². The Morgan fingerprint density at radius 3 is 2.36 bits per heavy atom. The minimum absolute atomic E-state index is 0.0168. The van der Waals surface area contributed by atoms with Crippen molar-refractivity contribution in [2.24, 2.45) is 17.6 Å². The zero-order valence-corrected chi connectivity index (χ0v) is 21.7. The summed E-state index contributed by atoms with van der Waals surface area (Å²) >= 11 is 0. The summed E-state index contributed by atoms with van der Waals surface area (Å²) in [5.74, 6) is -6.85. The predicted molar refractivity (Wildman–Crippen MR) is 137 cm³/mol. The molecule has 208 valence electrons. The number of fused-ring (bicyclic) bond motifs is 3. The fourth-order valence-electron chi connectivity index (χ4n) is 6.39. The molecule has 3 amide bonds. The van der Waals surface area contributed by atoms with Crippen LogP contribution in [0.15, 0.2) is 34.8 Å². The third kappa shape index (κ3) is 4.05. The molecule has 12 nitrogen and oxygen atoms in total. The van der Waals surface area contributed by atoms with Gasteiger partial charge in [-0.3, -0.25) is 24.1 Å². The first-order valence-corrected chi connectivity index (χ1v) is 12.9. The number of primary amides is 1. The zero-order valence-electron chi connectivity index (χ0n) is 21.7. The monoisotopic (exact) mass is 540 g/mol. The van der Waals surface area contributed by atoms with E-state index in [1.807, 2.05) is 0 Å². The highest BCUT2D eigenvalue weighted by Gasteiger charge is 2.61. The van der Waals surface area contributed by atoms with Crippen molar-refractivity contribution in [3.05, 3.63) is 45.9 Å². The molecular weight excluding hydrogens is 508 g/mol. The number of hydrogen-bond donors (Lipinski definition) is 7. The van der Waals surface area contributed by atoms with Crippen molar-refractivity contribution in [2.75, 3.05) is 19.4 Å². The van der Waals surface area contributed by atoms with E-state index in [-0.39, 0.29) is 36.2 Å². The molecule has 0 bridgehead atoms. The Bertz CT molecular complexity index is 1360. The van der Waals surface area contributed by atoms with Gasteiger partial charge < -0.3 is 36.8 Å². The van der Waals surface area contributed by atoms with Crippen LogP contribution in [0.25, 0.3) is 0 Å². The molecule has 1 aromatic rings. The lowest BCUT2D eigenvalue weighted by Crippen LogP contribution is -2.62. The number of nitrogens with zero attached hydrogens (tertiary/aromatic N) is 1. The van der Waals surface area contributed by atoms with Crippen molar-refractivity contribution in [3.63, 3.8) is 0 Å². The Balaban J connectivity index is 1.50. The Morgan fingerprint density at radius 2 is 1.77 bits per heavy atom. The summed E-state index contributed by atoms with van der Waals surface area (Å²) in [6.07, 6.45) is 3.11. The van der Waals surface area contributed by atoms with E-state index in [4.69, 9.17) is 5.73 Å². The molecule has 0 aromatic heterocycles. The average Bonchev–Trinajstić information content (AvgIpc) is 2.84. The summed E-state index contributed by atoms with van der Waals surface area (Å²) in [4.78, 5) is 51.3. The van der Waals surface area contributed by atoms with Gasteiger partial charge in [0.1, 0.15) is 22.8 Å². The second kappa shape index (κ2) is 9.38. The minimum Gasteiger partial charge on any atom is -0.509 e. The van der Waals surface area contributed by atoms with E-state index in [2.05, 4.69) is 10.6 Å². The average molecular weight is 541 g/mol. The van der Waals surface area contributed by atoms with Gasteiger partial charge in [-0.1, -0.05) is 6.07 Å². The SMILES string of the molecule is CN(C)[C@@H]1C(=O)C(C(N)=O)=C(O)C2(O)C(O)=C3Cc4c(ccc(NC(=O)C(=O)NC5CCC5)c4O)CC3CC12. The first-order chi connectivity index (χ1) is 18.4. The number of phenolic OH excluding ortho intramolecular Hbond substituents is 1. The third-order valence-corrected chi connectivity index (χ3v) is 8.64. The highest BCUT2D eigenvalue weighted by Crippen LogP contribution is 2.53. The number of aromatic hydroxyl groups is 1. The van der Waals surface area contributed by atoms with Crippen LogP contribution in [0.4, 0.5) is 5.69 Å². The van der Waals surface area contributed by atoms with E-state index in [1.165, 1.54) is 11.0 Å². The molecule has 5 rings (SSSR count). The minimum atomic E-state index is -2.43. The molecule has 1 fully saturated rings. The van der Waals surface area contributed by atoms with Gasteiger partial charge in [-0.25, -0.2) is 0 Å². The standard InChI is InChI=1S/C27H32N4O8/c1-31(2)19-16-9-12-8-11-6-7-17(30-26(38)25(37)29-13-4-3-5-13)20(32)14(11)10-15(12)22(34)27(16,39)23(35)18(21(19)33)24(28)36/h6-7,12-13,16,19,32,34-35,39H,3-5,8-10H2,1-2H3,(H2,28,36)(H,29,37)(H,30,38)/t12?,16?,19-,27?/m0/s1. The summed E-state index contributed by atoms with van der Waals surface area (Å²) < 4.78 is 0. The van der Waals surface area contributed by atoms with Crippen LogP contribution in [-0.2, 0) is 32.0 Å². The van der Waals surface area contributed by atoms with Crippen molar-refractivity contribution >= 4 is 29.2 Å². The van der Waals surface area contributed by atoms with Crippen LogP contribution in [-0.4, -0.2) is 80.6 Å². The van der Waals surface area contributed by atoms with E-state index in [0.717, 1.165) is 24.8 Å². The Labute approximate surface area is 224 Å². The molecule has 3 unspecified atom stereocenters. The van der Waals surface area contributed by atoms with Gasteiger partial charge in [-0.2, -0.15) is 0 Å². The number of nitrogens with one attached hydrogen (secondary N) is 2. The number of allylic oxidation sites excluding steroid dienone is 1. The molecular formula is C27H32N4O8. The molecule has 1 aromatic carbocycles. The predicted octanol–water partition coefficient (Wildman–Crippen LogP) is 0.0876. The third-order valence-electron chi connectivity index (χ3n) is 8.64. The van der Waals surface area contributed by atoms with Crippen molar-refractivity contribution in [3.8, 4) is 5.75 Å². The number of carbonyl (C=O) groups excluding carboxylic acids is 4. The number of carbonyl (C=O) groups is 4. The number of amides is 3. The van der Waals surface area contributed by atoms with Crippen LogP contribution in [0.5, 0.6) is 5.75 Å². The van der Waals surface area contributed by atoms with Crippen LogP contribution in [0, 0.1) is 11.8 Å². The van der Waals surface area contributed by atoms with E-state index in [9.17, 15) is 39.6 Å². The molecule has 0 heterocycles. The van der Waals surface area contributed by atoms with E-state index < -0.39 is 58.2 Å². The number of ketones is 1. The second-order valence-electron chi connectivity index (χ2n) is 11.1. The molecule has 12 heteroatoms. The highest BCUT2D eigenvalue weighted by molar-refractivity contribution is 6.39. The molecule has 39 heavy (non-hydrogen) atoms. The molecule has 4 aliphatic carbocycles. The number of nitrogens with two attached hydrogens (primary N) is 1. The van der Waals surface area contributed by atoms with Crippen LogP contribution in [0.1, 0.15) is 36.8 Å². The first-order valence-electron chi connectivity index (χ1n) is 12.9. The van der Waals surface area contributed by atoms with Crippen molar-refractivity contribution in [1.29, 1.82) is 0 Å². The fourth-order valence-corrected chi connectivity index (χ4v) is 6.39. The maximum absolute atomic E-state index is 13.1. The Hall–Kier alpha value is -3.90. The van der Waals surface area contributed by atoms with Crippen LogP contribution < -0.4 is 16.4 Å². The smallest absolute Gasteiger partial charge is 0.313 e. The van der Waals surface area contributed by atoms with Gasteiger partial charge in [-0.05, 0) is 69.3 Å². The molecule has 4 aliphatic rings. The van der Waals surface area contributed by atoms with E-state index >= 15 is 0 Å². The summed E-state index contributed by atoms with van der Waals surface area (Å²) in [6.45, 7) is 0. The van der Waals surface area contributed by atoms with Gasteiger partial charge in [0, 0.05) is 23.9 Å². The number of rotatable bonds is 4. The quantitative estimate of drug-likeness (QED) is 0.157. The summed E-state index contributed by atoms with van der Waals surface area (Å²) in [6, 6.07) is 2.14. The molecule has 0 radical (unpaired) electrons. The molecule has 8 N–H and O–H groups in total. The lowest BCUT2D eigenvalue weighted by atomic mass is 9.59. The highest BCUT2D eigenvalue weighted by atomic mass is 16.4. The number of aliphatic hydroxyl groups excluding tert-OH is 2. The molecule has 1 saturated carbocycles. The maximum atomic E-state index is 13.1. The van der Waals surface area contributed by atoms with Gasteiger partial charge in [0.2, 0.25) is 0 Å². The second-order valence-corrected chi connectivity index (χ2v) is 11.1. The van der Waals surface area contributed by atoms with Crippen molar-refractivity contribution in [1.82, 2.24) is 10.2 Å². The van der Waals surface area contributed by atoms with Crippen molar-refractivity contribution in [2.45, 2.75) is 56.2 Å². The number of likely N-dealkylation sites (N-methyl/N-ethyl adjacent to an activating group) is 1. The molecule has 4 atom stereocenters. The number of benzene rings is 1. The number of aliphatic hydroxyl groups is 3. The summed E-state index contributed by atoms with van der Waals surface area (Å²) in [5, 5.41) is 50.1. The maximum Gasteiger partial charge on any atom is 0.313 e. The van der Waals surface area contributed by atoms with Crippen molar-refractivity contribution < 1.29 is 39.6 Å². The Morgan fingerprint density at radius 1 is 1.08 bits per heavy atom. The topological polar surface area (TPSA) is 203 Å². The molecule has 0 aliphatic heterocycles. The summed E-state index contributed by atoms with van der Waals surface area (Å²) in [5.41, 5.74) is 3.62. The van der Waals surface area contributed by atoms with E-state index in [1.54, 1.807) is 20.2 Å². The van der Waals surface area contributed by atoms with Gasteiger partial charge in [0.05, 0.1) is 11.7 Å². The number of phenols is 1. The number of hydrogen-bond acceptors (Lipinski definition) is 9. The van der Waals surface area contributed by atoms with Gasteiger partial charge in [0.15, 0.2) is 11.4 Å². The largest absolute Gasteiger partial charge is 0.509 e. The first kappa shape index (κ1) is 26.7. The van der Waals surface area contributed by atoms with Gasteiger partial charge in [0.25, 0.3) is 5.91 Å². The molecule has 0 saturated heterocycles. The van der Waals surface area contributed by atoms with Crippen LogP contribution in [0.3, 0.4) is 0 Å². The number of Topliss-reactive ketones (excluding diaryl/α,β-unsaturated/α-hetero) is 1.